The maximum absolute atomic E-state index is 5.77. The van der Waals surface area contributed by atoms with Gasteiger partial charge in [0.15, 0.2) is 0 Å². The zero-order chi connectivity index (χ0) is 12.0. The number of hydrogen-bond donors (Lipinski definition) is 1. The van der Waals surface area contributed by atoms with Gasteiger partial charge in [0.05, 0.1) is 11.2 Å². The van der Waals surface area contributed by atoms with Crippen molar-refractivity contribution in [2.24, 2.45) is 11.7 Å². The first-order chi connectivity index (χ1) is 7.67. The van der Waals surface area contributed by atoms with Gasteiger partial charge in [0.1, 0.15) is 0 Å². The number of nitrogens with zero attached hydrogens (tertiary/aromatic N) is 2. The second-order valence-electron chi connectivity index (χ2n) is 4.45. The van der Waals surface area contributed by atoms with Crippen LogP contribution in [0.4, 0.5) is 0 Å². The smallest absolute Gasteiger partial charge is 0.0798 e. The van der Waals surface area contributed by atoms with E-state index in [2.05, 4.69) is 30.8 Å². The Bertz CT molecular complexity index is 298. The Morgan fingerprint density at radius 1 is 1.56 bits per heavy atom. The summed E-state index contributed by atoms with van der Waals surface area (Å²) in [5, 5.41) is 0. The lowest BCUT2D eigenvalue weighted by atomic mass is 10.0. The Balaban J connectivity index is 2.40. The first-order valence-electron chi connectivity index (χ1n) is 5.94. The third-order valence-electron chi connectivity index (χ3n) is 2.86. The Kier molecular flexibility index (Phi) is 5.95. The molecule has 3 nitrogen and oxygen atoms in total. The quantitative estimate of drug-likeness (QED) is 0.796. The summed E-state index contributed by atoms with van der Waals surface area (Å²) in [4.78, 5) is 8.00. The number of thiazole rings is 1. The van der Waals surface area contributed by atoms with Crippen molar-refractivity contribution in [3.8, 4) is 0 Å². The van der Waals surface area contributed by atoms with Gasteiger partial charge in [-0.05, 0) is 32.9 Å². The van der Waals surface area contributed by atoms with Crippen LogP contribution in [-0.2, 0) is 6.54 Å². The van der Waals surface area contributed by atoms with Gasteiger partial charge in [0.25, 0.3) is 0 Å². The molecule has 1 aromatic rings. The summed E-state index contributed by atoms with van der Waals surface area (Å²) in [5.74, 6) is 0.628. The summed E-state index contributed by atoms with van der Waals surface area (Å²) in [6.45, 7) is 7.17. The molecule has 0 bridgehead atoms. The van der Waals surface area contributed by atoms with Gasteiger partial charge in [-0.2, -0.15) is 0 Å². The predicted octanol–water partition coefficient (Wildman–Crippen LogP) is 2.26. The largest absolute Gasteiger partial charge is 0.330 e. The topological polar surface area (TPSA) is 42.1 Å². The maximum atomic E-state index is 5.77. The molecule has 4 heteroatoms. The standard InChI is InChI=1S/C12H23N3S/c1-4-5-11(6-13)7-15(3)8-12-10(2)14-9-16-12/h9,11H,4-8,13H2,1-3H3. The molecule has 0 aliphatic rings. The van der Waals surface area contributed by atoms with Crippen molar-refractivity contribution in [1.29, 1.82) is 0 Å². The zero-order valence-electron chi connectivity index (χ0n) is 10.6. The molecule has 16 heavy (non-hydrogen) atoms. The lowest BCUT2D eigenvalue weighted by Crippen LogP contribution is -2.29. The highest BCUT2D eigenvalue weighted by Crippen LogP contribution is 2.15. The van der Waals surface area contributed by atoms with Crippen LogP contribution in [0.3, 0.4) is 0 Å². The van der Waals surface area contributed by atoms with Gasteiger partial charge in [0, 0.05) is 18.0 Å². The SMILES string of the molecule is CCCC(CN)CN(C)Cc1scnc1C. The summed E-state index contributed by atoms with van der Waals surface area (Å²) in [5.41, 5.74) is 8.86. The fourth-order valence-corrected chi connectivity index (χ4v) is 2.78. The molecular formula is C12H23N3S. The average molecular weight is 241 g/mol. The van der Waals surface area contributed by atoms with Crippen LogP contribution in [0.15, 0.2) is 5.51 Å². The molecule has 1 aromatic heterocycles. The second kappa shape index (κ2) is 6.99. The molecule has 0 radical (unpaired) electrons. The molecule has 0 aromatic carbocycles. The number of nitrogens with two attached hydrogens (primary N) is 1. The van der Waals surface area contributed by atoms with Crippen LogP contribution in [0.1, 0.15) is 30.3 Å². The van der Waals surface area contributed by atoms with Crippen LogP contribution in [0.5, 0.6) is 0 Å². The van der Waals surface area contributed by atoms with Crippen molar-refractivity contribution >= 4 is 11.3 Å². The van der Waals surface area contributed by atoms with Gasteiger partial charge in [-0.3, -0.25) is 0 Å². The fraction of sp³-hybridized carbons (Fsp3) is 0.750. The van der Waals surface area contributed by atoms with E-state index in [1.54, 1.807) is 11.3 Å². The molecule has 0 saturated heterocycles. The minimum atomic E-state index is 0.628. The van der Waals surface area contributed by atoms with Gasteiger partial charge in [-0.1, -0.05) is 13.3 Å². The highest BCUT2D eigenvalue weighted by Gasteiger charge is 2.11. The van der Waals surface area contributed by atoms with E-state index in [0.717, 1.165) is 25.3 Å². The third-order valence-corrected chi connectivity index (χ3v) is 3.78. The van der Waals surface area contributed by atoms with E-state index in [4.69, 9.17) is 5.73 Å². The number of aromatic nitrogens is 1. The molecule has 1 atom stereocenters. The molecule has 92 valence electrons. The maximum Gasteiger partial charge on any atom is 0.0798 e. The van der Waals surface area contributed by atoms with E-state index in [1.807, 2.05) is 5.51 Å². The minimum absolute atomic E-state index is 0.628. The van der Waals surface area contributed by atoms with Crippen LogP contribution < -0.4 is 5.73 Å². The average Bonchev–Trinajstić information content (AvgIpc) is 2.64. The highest BCUT2D eigenvalue weighted by atomic mass is 32.1. The second-order valence-corrected chi connectivity index (χ2v) is 5.39. The van der Waals surface area contributed by atoms with Gasteiger partial charge in [-0.15, -0.1) is 11.3 Å². The summed E-state index contributed by atoms with van der Waals surface area (Å²) >= 11 is 1.74. The van der Waals surface area contributed by atoms with Crippen molar-refractivity contribution < 1.29 is 0 Å². The van der Waals surface area contributed by atoms with E-state index in [-0.39, 0.29) is 0 Å². The molecule has 0 spiro atoms. The molecule has 2 N–H and O–H groups in total. The summed E-state index contributed by atoms with van der Waals surface area (Å²) < 4.78 is 0. The molecule has 0 aliphatic heterocycles. The molecule has 1 rings (SSSR count). The van der Waals surface area contributed by atoms with E-state index in [0.29, 0.717) is 5.92 Å². The lowest BCUT2D eigenvalue weighted by Gasteiger charge is -2.22. The zero-order valence-corrected chi connectivity index (χ0v) is 11.4. The summed E-state index contributed by atoms with van der Waals surface area (Å²) in [6.07, 6.45) is 2.44. The van der Waals surface area contributed by atoms with Crippen molar-refractivity contribution in [2.45, 2.75) is 33.2 Å². The predicted molar refractivity (Wildman–Crippen MR) is 70.6 cm³/mol. The number of aryl methyl sites for hydroxylation is 1. The number of hydrogen-bond acceptors (Lipinski definition) is 4. The lowest BCUT2D eigenvalue weighted by molar-refractivity contribution is 0.264. The molecule has 0 saturated carbocycles. The summed E-state index contributed by atoms with van der Waals surface area (Å²) in [6, 6.07) is 0. The Morgan fingerprint density at radius 3 is 2.81 bits per heavy atom. The van der Waals surface area contributed by atoms with Crippen LogP contribution in [0.2, 0.25) is 0 Å². The highest BCUT2D eigenvalue weighted by molar-refractivity contribution is 7.09. The van der Waals surface area contributed by atoms with Crippen LogP contribution >= 0.6 is 11.3 Å². The van der Waals surface area contributed by atoms with Gasteiger partial charge < -0.3 is 10.6 Å². The van der Waals surface area contributed by atoms with Crippen LogP contribution in [0.25, 0.3) is 0 Å². The minimum Gasteiger partial charge on any atom is -0.330 e. The first-order valence-corrected chi connectivity index (χ1v) is 6.82. The van der Waals surface area contributed by atoms with Crippen molar-refractivity contribution in [2.75, 3.05) is 20.1 Å². The molecule has 0 aliphatic carbocycles. The van der Waals surface area contributed by atoms with E-state index >= 15 is 0 Å². The van der Waals surface area contributed by atoms with Crippen molar-refractivity contribution in [1.82, 2.24) is 9.88 Å². The van der Waals surface area contributed by atoms with E-state index in [1.165, 1.54) is 17.7 Å². The first kappa shape index (κ1) is 13.6. The van der Waals surface area contributed by atoms with Crippen LogP contribution in [-0.4, -0.2) is 30.0 Å². The number of rotatable bonds is 7. The van der Waals surface area contributed by atoms with Gasteiger partial charge in [0.2, 0.25) is 0 Å². The molecule has 0 fully saturated rings. The third kappa shape index (κ3) is 4.20. The molecule has 1 heterocycles. The molecule has 1 unspecified atom stereocenters. The van der Waals surface area contributed by atoms with Gasteiger partial charge >= 0.3 is 0 Å². The Labute approximate surface area is 103 Å². The molecule has 0 amide bonds. The van der Waals surface area contributed by atoms with Gasteiger partial charge in [-0.25, -0.2) is 4.98 Å². The normalized spacial score (nSPS) is 13.3. The fourth-order valence-electron chi connectivity index (χ4n) is 1.92. The van der Waals surface area contributed by atoms with Crippen molar-refractivity contribution in [3.05, 3.63) is 16.1 Å². The van der Waals surface area contributed by atoms with Crippen molar-refractivity contribution in [3.63, 3.8) is 0 Å². The summed E-state index contributed by atoms with van der Waals surface area (Å²) in [7, 11) is 2.16. The van der Waals surface area contributed by atoms with Crippen LogP contribution in [0, 0.1) is 12.8 Å². The monoisotopic (exact) mass is 241 g/mol. The molecular weight excluding hydrogens is 218 g/mol. The Morgan fingerprint density at radius 2 is 2.31 bits per heavy atom. The van der Waals surface area contributed by atoms with E-state index in [9.17, 15) is 0 Å². The van der Waals surface area contributed by atoms with E-state index < -0.39 is 0 Å². The Hall–Kier alpha value is -0.450.